The summed E-state index contributed by atoms with van der Waals surface area (Å²) in [6.07, 6.45) is 0.638. The molecule has 70 valence electrons. The van der Waals surface area contributed by atoms with E-state index in [0.717, 1.165) is 5.56 Å². The highest BCUT2D eigenvalue weighted by molar-refractivity contribution is 5.76. The molecule has 3 heteroatoms. The summed E-state index contributed by atoms with van der Waals surface area (Å²) in [6, 6.07) is 9.31. The molecule has 0 saturated heterocycles. The zero-order valence-corrected chi connectivity index (χ0v) is 7.03. The van der Waals surface area contributed by atoms with Crippen LogP contribution in [0.4, 0.5) is 0 Å². The highest BCUT2D eigenvalue weighted by atomic mass is 27.0. The molecule has 1 aromatic carbocycles. The molecule has 2 nitrogen and oxygen atoms in total. The molecule has 0 spiro atoms. The van der Waals surface area contributed by atoms with Crippen molar-refractivity contribution in [1.29, 1.82) is 0 Å². The number of carboxylic acids is 1. The Bertz CT molecular complexity index is 259. The smallest absolute Gasteiger partial charge is 0.310 e. The Morgan fingerprint density at radius 1 is 1.38 bits per heavy atom. The number of hydrogen-bond acceptors (Lipinski definition) is 1. The van der Waals surface area contributed by atoms with Crippen molar-refractivity contribution in [2.45, 2.75) is 19.3 Å². The Hall–Kier alpha value is -0.778. The molecule has 0 radical (unpaired) electrons. The lowest BCUT2D eigenvalue weighted by atomic mass is 9.97. The van der Waals surface area contributed by atoms with E-state index in [9.17, 15) is 4.79 Å². The topological polar surface area (TPSA) is 37.3 Å². The van der Waals surface area contributed by atoms with Gasteiger partial charge in [-0.3, -0.25) is 4.79 Å². The van der Waals surface area contributed by atoms with Crippen molar-refractivity contribution in [3.63, 3.8) is 0 Å². The predicted molar refractivity (Wildman–Crippen MR) is 57.0 cm³/mol. The molecule has 0 amide bonds. The maximum absolute atomic E-state index is 10.7. The van der Waals surface area contributed by atoms with Crippen LogP contribution in [-0.2, 0) is 4.79 Å². The van der Waals surface area contributed by atoms with E-state index in [4.69, 9.17) is 5.11 Å². The fraction of sp³-hybridized carbons (Fsp3) is 0.300. The third-order valence-electron chi connectivity index (χ3n) is 1.91. The second-order valence-corrected chi connectivity index (χ2v) is 2.71. The normalized spacial score (nSPS) is 11.5. The summed E-state index contributed by atoms with van der Waals surface area (Å²) in [5.41, 5.74) is 0.882. The minimum absolute atomic E-state index is 0. The Labute approximate surface area is 88.7 Å². The Morgan fingerprint density at radius 2 is 1.92 bits per heavy atom. The first kappa shape index (κ1) is 12.2. The van der Waals surface area contributed by atoms with Gasteiger partial charge in [0.05, 0.1) is 5.92 Å². The van der Waals surface area contributed by atoms with E-state index in [0.29, 0.717) is 6.42 Å². The van der Waals surface area contributed by atoms with Gasteiger partial charge in [-0.15, -0.1) is 0 Å². The van der Waals surface area contributed by atoms with Crippen LogP contribution in [-0.4, -0.2) is 28.4 Å². The standard InChI is InChI=1S/C10H12O2.Al.3H/c1-2-9(10(11)12)8-6-4-3-5-7-8;;;;/h3-7,9H,2H2,1H3,(H,11,12);;;;. The van der Waals surface area contributed by atoms with Gasteiger partial charge in [-0.2, -0.15) is 0 Å². The van der Waals surface area contributed by atoms with Crippen LogP contribution in [0.25, 0.3) is 0 Å². The highest BCUT2D eigenvalue weighted by Gasteiger charge is 2.16. The molecule has 0 saturated carbocycles. The molecule has 13 heavy (non-hydrogen) atoms. The molecule has 1 aromatic rings. The van der Waals surface area contributed by atoms with Crippen molar-refractivity contribution in [2.75, 3.05) is 0 Å². The number of carboxylic acid groups (broad SMARTS) is 1. The van der Waals surface area contributed by atoms with Crippen LogP contribution < -0.4 is 0 Å². The van der Waals surface area contributed by atoms with E-state index < -0.39 is 5.97 Å². The number of hydrogen-bond donors (Lipinski definition) is 1. The van der Waals surface area contributed by atoms with Gasteiger partial charge in [0.15, 0.2) is 17.4 Å². The zero-order chi connectivity index (χ0) is 8.97. The third-order valence-corrected chi connectivity index (χ3v) is 1.91. The van der Waals surface area contributed by atoms with Crippen LogP contribution in [0.3, 0.4) is 0 Å². The van der Waals surface area contributed by atoms with Crippen molar-refractivity contribution in [3.05, 3.63) is 35.9 Å². The van der Waals surface area contributed by atoms with Gasteiger partial charge in [0.2, 0.25) is 0 Å². The minimum Gasteiger partial charge on any atom is -0.481 e. The Kier molecular flexibility index (Phi) is 5.45. The fourth-order valence-corrected chi connectivity index (χ4v) is 1.24. The number of aliphatic carboxylic acids is 1. The lowest BCUT2D eigenvalue weighted by Gasteiger charge is -2.08. The van der Waals surface area contributed by atoms with Gasteiger partial charge in [0.1, 0.15) is 0 Å². The van der Waals surface area contributed by atoms with E-state index in [1.807, 2.05) is 37.3 Å². The molecule has 0 aromatic heterocycles. The second-order valence-electron chi connectivity index (χ2n) is 2.71. The summed E-state index contributed by atoms with van der Waals surface area (Å²) in [5, 5.41) is 8.83. The average Bonchev–Trinajstić information content (AvgIpc) is 2.07. The molecule has 1 N–H and O–H groups in total. The first-order valence-corrected chi connectivity index (χ1v) is 4.03. The van der Waals surface area contributed by atoms with E-state index in [1.54, 1.807) is 0 Å². The summed E-state index contributed by atoms with van der Waals surface area (Å²) in [4.78, 5) is 10.7. The number of benzene rings is 1. The molecule has 0 bridgehead atoms. The maximum atomic E-state index is 10.7. The van der Waals surface area contributed by atoms with Gasteiger partial charge >= 0.3 is 5.97 Å². The first-order valence-electron chi connectivity index (χ1n) is 4.03. The molecule has 1 rings (SSSR count). The van der Waals surface area contributed by atoms with E-state index in [-0.39, 0.29) is 23.3 Å². The Morgan fingerprint density at radius 3 is 2.31 bits per heavy atom. The lowest BCUT2D eigenvalue weighted by Crippen LogP contribution is -2.09. The van der Waals surface area contributed by atoms with Gasteiger partial charge in [-0.25, -0.2) is 0 Å². The Balaban J connectivity index is 0.00000144. The number of carbonyl (C=O) groups is 1. The molecular formula is C10H15AlO2. The summed E-state index contributed by atoms with van der Waals surface area (Å²) in [7, 11) is 0. The van der Waals surface area contributed by atoms with Crippen LogP contribution in [0, 0.1) is 0 Å². The average molecular weight is 194 g/mol. The van der Waals surface area contributed by atoms with Crippen molar-refractivity contribution in [2.24, 2.45) is 0 Å². The predicted octanol–water partition coefficient (Wildman–Crippen LogP) is 1.08. The summed E-state index contributed by atoms with van der Waals surface area (Å²) in [6.45, 7) is 1.88. The van der Waals surface area contributed by atoms with E-state index in [2.05, 4.69) is 0 Å². The molecule has 0 heterocycles. The molecule has 1 atom stereocenters. The van der Waals surface area contributed by atoms with Crippen LogP contribution in [0.5, 0.6) is 0 Å². The van der Waals surface area contributed by atoms with Crippen LogP contribution in [0.15, 0.2) is 30.3 Å². The van der Waals surface area contributed by atoms with Crippen molar-refractivity contribution < 1.29 is 9.90 Å². The fourth-order valence-electron chi connectivity index (χ4n) is 1.24. The molecular weight excluding hydrogens is 179 g/mol. The summed E-state index contributed by atoms with van der Waals surface area (Å²) < 4.78 is 0. The van der Waals surface area contributed by atoms with Crippen LogP contribution in [0.2, 0.25) is 0 Å². The monoisotopic (exact) mass is 194 g/mol. The van der Waals surface area contributed by atoms with Crippen molar-refractivity contribution >= 4 is 23.3 Å². The van der Waals surface area contributed by atoms with Crippen molar-refractivity contribution in [3.8, 4) is 0 Å². The second kappa shape index (κ2) is 5.80. The minimum atomic E-state index is -0.747. The lowest BCUT2D eigenvalue weighted by molar-refractivity contribution is -0.138. The van der Waals surface area contributed by atoms with Gasteiger partial charge < -0.3 is 5.11 Å². The van der Waals surface area contributed by atoms with Gasteiger partial charge in [0, 0.05) is 0 Å². The molecule has 1 unspecified atom stereocenters. The SMILES string of the molecule is CCC(C(=O)O)c1ccccc1.[AlH3]. The van der Waals surface area contributed by atoms with Crippen LogP contribution >= 0.6 is 0 Å². The largest absolute Gasteiger partial charge is 0.481 e. The molecule has 0 aliphatic rings. The summed E-state index contributed by atoms with van der Waals surface area (Å²) in [5.74, 6) is -1.10. The van der Waals surface area contributed by atoms with Gasteiger partial charge in [-0.05, 0) is 12.0 Å². The van der Waals surface area contributed by atoms with E-state index in [1.165, 1.54) is 0 Å². The van der Waals surface area contributed by atoms with Crippen LogP contribution in [0.1, 0.15) is 24.8 Å². The highest BCUT2D eigenvalue weighted by Crippen LogP contribution is 2.18. The third kappa shape index (κ3) is 3.22. The van der Waals surface area contributed by atoms with Crippen molar-refractivity contribution in [1.82, 2.24) is 0 Å². The zero-order valence-electron chi connectivity index (χ0n) is 7.03. The number of rotatable bonds is 3. The van der Waals surface area contributed by atoms with Gasteiger partial charge in [-0.1, -0.05) is 37.3 Å². The first-order chi connectivity index (χ1) is 5.75. The summed E-state index contributed by atoms with van der Waals surface area (Å²) >= 11 is 0. The maximum Gasteiger partial charge on any atom is 0.310 e. The molecule has 0 fully saturated rings. The van der Waals surface area contributed by atoms with Gasteiger partial charge in [0.25, 0.3) is 0 Å². The quantitative estimate of drug-likeness (QED) is 0.731. The molecule has 0 aliphatic heterocycles. The van der Waals surface area contributed by atoms with E-state index >= 15 is 0 Å². The molecule has 0 aliphatic carbocycles.